The van der Waals surface area contributed by atoms with Gasteiger partial charge in [0, 0.05) is 11.5 Å². The van der Waals surface area contributed by atoms with E-state index in [0.29, 0.717) is 11.3 Å². The molecule has 0 saturated heterocycles. The van der Waals surface area contributed by atoms with E-state index >= 15 is 0 Å². The monoisotopic (exact) mass is 415 g/mol. The van der Waals surface area contributed by atoms with Crippen molar-refractivity contribution in [2.24, 2.45) is 0 Å². The van der Waals surface area contributed by atoms with Gasteiger partial charge in [-0.2, -0.15) is 0 Å². The Morgan fingerprint density at radius 2 is 1.48 bits per heavy atom. The summed E-state index contributed by atoms with van der Waals surface area (Å²) >= 11 is 0. The van der Waals surface area contributed by atoms with Crippen LogP contribution in [-0.4, -0.2) is 41.8 Å². The second kappa shape index (κ2) is 7.80. The smallest absolute Gasteiger partial charge is 0.410 e. The molecule has 5 rings (SSSR count). The highest BCUT2D eigenvalue weighted by Gasteiger charge is 2.37. The Kier molecular flexibility index (Phi) is 4.82. The molecular formula is C25H21NO5. The van der Waals surface area contributed by atoms with E-state index in [4.69, 9.17) is 9.47 Å². The number of carbonyl (C=O) groups excluding carboxylic acids is 1. The standard InChI is InChI=1S/C25H21NO5/c27-24(28)23-20-11-5-6-12-22(20)30-14-13-26(23)25(29)31-15-21-18-9-3-1-7-16(18)17-8-2-4-10-19(17)21/h1-12,21,23H,13-15H2,(H,27,28). The summed E-state index contributed by atoms with van der Waals surface area (Å²) in [6.07, 6.45) is -0.658. The number of aliphatic carboxylic acids is 1. The van der Waals surface area contributed by atoms with Crippen LogP contribution in [0.3, 0.4) is 0 Å². The highest BCUT2D eigenvalue weighted by atomic mass is 16.6. The van der Waals surface area contributed by atoms with Gasteiger partial charge in [0.05, 0.1) is 6.54 Å². The minimum absolute atomic E-state index is 0.0878. The van der Waals surface area contributed by atoms with E-state index in [1.54, 1.807) is 24.3 Å². The second-order valence-electron chi connectivity index (χ2n) is 7.62. The van der Waals surface area contributed by atoms with Crippen molar-refractivity contribution < 1.29 is 24.2 Å². The summed E-state index contributed by atoms with van der Waals surface area (Å²) in [5.41, 5.74) is 4.94. The molecule has 1 aliphatic carbocycles. The fourth-order valence-electron chi connectivity index (χ4n) is 4.53. The predicted octanol–water partition coefficient (Wildman–Crippen LogP) is 4.46. The van der Waals surface area contributed by atoms with Gasteiger partial charge in [-0.3, -0.25) is 4.90 Å². The zero-order valence-electron chi connectivity index (χ0n) is 16.7. The molecule has 1 aliphatic heterocycles. The number of rotatable bonds is 3. The van der Waals surface area contributed by atoms with Crippen molar-refractivity contribution in [2.45, 2.75) is 12.0 Å². The fourth-order valence-corrected chi connectivity index (χ4v) is 4.53. The van der Waals surface area contributed by atoms with Gasteiger partial charge in [0.15, 0.2) is 6.04 Å². The van der Waals surface area contributed by atoms with Crippen LogP contribution in [0.2, 0.25) is 0 Å². The highest BCUT2D eigenvalue weighted by molar-refractivity contribution is 5.83. The van der Waals surface area contributed by atoms with E-state index in [2.05, 4.69) is 12.1 Å². The molecule has 0 spiro atoms. The molecule has 1 atom stereocenters. The summed E-state index contributed by atoms with van der Waals surface area (Å²) in [5, 5.41) is 9.86. The van der Waals surface area contributed by atoms with E-state index in [1.807, 2.05) is 36.4 Å². The number of carboxylic acid groups (broad SMARTS) is 1. The normalized spacial score (nSPS) is 17.0. The third-order valence-electron chi connectivity index (χ3n) is 5.92. The van der Waals surface area contributed by atoms with Crippen LogP contribution in [0, 0.1) is 0 Å². The Morgan fingerprint density at radius 3 is 2.13 bits per heavy atom. The van der Waals surface area contributed by atoms with Crippen molar-refractivity contribution in [3.05, 3.63) is 89.5 Å². The molecule has 3 aromatic rings. The first-order valence-corrected chi connectivity index (χ1v) is 10.2. The number of fused-ring (bicyclic) bond motifs is 4. The van der Waals surface area contributed by atoms with Gasteiger partial charge in [-0.25, -0.2) is 9.59 Å². The predicted molar refractivity (Wildman–Crippen MR) is 114 cm³/mol. The Labute approximate surface area is 179 Å². The van der Waals surface area contributed by atoms with Gasteiger partial charge in [0.1, 0.15) is 19.0 Å². The summed E-state index contributed by atoms with van der Waals surface area (Å²) in [6.45, 7) is 0.464. The zero-order chi connectivity index (χ0) is 21.4. The van der Waals surface area contributed by atoms with Gasteiger partial charge >= 0.3 is 12.1 Å². The van der Waals surface area contributed by atoms with E-state index in [9.17, 15) is 14.7 Å². The first kappa shape index (κ1) is 19.2. The first-order valence-electron chi connectivity index (χ1n) is 10.2. The average Bonchev–Trinajstić information content (AvgIpc) is 2.97. The molecule has 0 fully saturated rings. The van der Waals surface area contributed by atoms with Crippen molar-refractivity contribution in [3.63, 3.8) is 0 Å². The molecule has 0 radical (unpaired) electrons. The number of nitrogens with zero attached hydrogens (tertiary/aromatic N) is 1. The van der Waals surface area contributed by atoms with Crippen LogP contribution >= 0.6 is 0 Å². The molecular weight excluding hydrogens is 394 g/mol. The number of para-hydroxylation sites is 1. The molecule has 3 aromatic carbocycles. The third-order valence-corrected chi connectivity index (χ3v) is 5.92. The van der Waals surface area contributed by atoms with Gasteiger partial charge in [0.25, 0.3) is 0 Å². The lowest BCUT2D eigenvalue weighted by Gasteiger charge is -2.26. The van der Waals surface area contributed by atoms with E-state index in [0.717, 1.165) is 22.3 Å². The summed E-state index contributed by atoms with van der Waals surface area (Å²) in [6, 6.07) is 21.9. The van der Waals surface area contributed by atoms with Crippen LogP contribution in [0.25, 0.3) is 11.1 Å². The highest BCUT2D eigenvalue weighted by Crippen LogP contribution is 2.44. The van der Waals surface area contributed by atoms with Gasteiger partial charge < -0.3 is 14.6 Å². The van der Waals surface area contributed by atoms with Crippen molar-refractivity contribution in [1.29, 1.82) is 0 Å². The lowest BCUT2D eigenvalue weighted by atomic mass is 9.98. The van der Waals surface area contributed by atoms with Gasteiger partial charge in [-0.05, 0) is 28.3 Å². The van der Waals surface area contributed by atoms with Crippen molar-refractivity contribution in [2.75, 3.05) is 19.8 Å². The largest absolute Gasteiger partial charge is 0.491 e. The first-order chi connectivity index (χ1) is 15.1. The molecule has 0 bridgehead atoms. The number of amides is 1. The molecule has 1 heterocycles. The maximum Gasteiger partial charge on any atom is 0.410 e. The Bertz CT molecular complexity index is 1110. The third kappa shape index (κ3) is 3.30. The molecule has 6 nitrogen and oxygen atoms in total. The Hall–Kier alpha value is -3.80. The lowest BCUT2D eigenvalue weighted by molar-refractivity contribution is -0.143. The number of hydrogen-bond acceptors (Lipinski definition) is 4. The molecule has 6 heteroatoms. The van der Waals surface area contributed by atoms with Crippen LogP contribution in [-0.2, 0) is 9.53 Å². The van der Waals surface area contributed by atoms with Gasteiger partial charge in [0.2, 0.25) is 0 Å². The Morgan fingerprint density at radius 1 is 0.903 bits per heavy atom. The topological polar surface area (TPSA) is 76.1 Å². The minimum atomic E-state index is -1.16. The van der Waals surface area contributed by atoms with Gasteiger partial charge in [-0.1, -0.05) is 66.7 Å². The van der Waals surface area contributed by atoms with E-state index in [1.165, 1.54) is 4.90 Å². The zero-order valence-corrected chi connectivity index (χ0v) is 16.7. The molecule has 0 saturated carbocycles. The minimum Gasteiger partial charge on any atom is -0.491 e. The van der Waals surface area contributed by atoms with Crippen LogP contribution < -0.4 is 4.74 Å². The molecule has 156 valence electrons. The molecule has 0 aromatic heterocycles. The van der Waals surface area contributed by atoms with Crippen molar-refractivity contribution in [1.82, 2.24) is 4.90 Å². The number of carbonyl (C=O) groups is 2. The average molecular weight is 415 g/mol. The van der Waals surface area contributed by atoms with Crippen LogP contribution in [0.5, 0.6) is 5.75 Å². The summed E-state index contributed by atoms with van der Waals surface area (Å²) < 4.78 is 11.4. The van der Waals surface area contributed by atoms with E-state index < -0.39 is 18.1 Å². The summed E-state index contributed by atoms with van der Waals surface area (Å²) in [5.74, 6) is -0.731. The van der Waals surface area contributed by atoms with Crippen molar-refractivity contribution >= 4 is 12.1 Å². The number of hydrogen-bond donors (Lipinski definition) is 1. The SMILES string of the molecule is O=C(O)C1c2ccccc2OCCN1C(=O)OCC1c2ccccc2-c2ccccc21. The van der Waals surface area contributed by atoms with Crippen molar-refractivity contribution in [3.8, 4) is 16.9 Å². The molecule has 1 amide bonds. The van der Waals surface area contributed by atoms with Crippen LogP contribution in [0.1, 0.15) is 28.7 Å². The van der Waals surface area contributed by atoms with Gasteiger partial charge in [-0.15, -0.1) is 0 Å². The van der Waals surface area contributed by atoms with Crippen LogP contribution in [0.4, 0.5) is 4.79 Å². The second-order valence-corrected chi connectivity index (χ2v) is 7.62. The molecule has 31 heavy (non-hydrogen) atoms. The quantitative estimate of drug-likeness (QED) is 0.684. The lowest BCUT2D eigenvalue weighted by Crippen LogP contribution is -2.40. The summed E-state index contributed by atoms with van der Waals surface area (Å²) in [4.78, 5) is 26.3. The molecule has 1 N–H and O–H groups in total. The number of ether oxygens (including phenoxy) is 2. The molecule has 2 aliphatic rings. The van der Waals surface area contributed by atoms with E-state index in [-0.39, 0.29) is 25.7 Å². The fraction of sp³-hybridized carbons (Fsp3) is 0.200. The number of benzene rings is 3. The Balaban J connectivity index is 1.40. The maximum absolute atomic E-state index is 13.0. The summed E-state index contributed by atoms with van der Waals surface area (Å²) in [7, 11) is 0. The maximum atomic E-state index is 13.0. The molecule has 1 unspecified atom stereocenters. The van der Waals surface area contributed by atoms with Crippen LogP contribution in [0.15, 0.2) is 72.8 Å². The number of carboxylic acids is 1.